The van der Waals surface area contributed by atoms with Crippen LogP contribution in [0.15, 0.2) is 16.6 Å². The Morgan fingerprint density at radius 1 is 1.43 bits per heavy atom. The van der Waals surface area contributed by atoms with Gasteiger partial charge in [0.15, 0.2) is 0 Å². The standard InChI is InChI=1S/C14H19BrN2O3S/c1-3-4-7-21(19,20)16-13-9-12(15)8-11-5-6-17(10(2)18)14(11)13/h8-9,16H,3-7H2,1-2H3. The molecule has 1 aliphatic heterocycles. The molecule has 0 atom stereocenters. The van der Waals surface area contributed by atoms with E-state index in [9.17, 15) is 13.2 Å². The third-order valence-corrected chi connectivity index (χ3v) is 5.26. The van der Waals surface area contributed by atoms with E-state index in [0.717, 1.165) is 22.9 Å². The first-order chi connectivity index (χ1) is 9.84. The first-order valence-corrected chi connectivity index (χ1v) is 9.39. The minimum Gasteiger partial charge on any atom is -0.310 e. The van der Waals surface area contributed by atoms with E-state index < -0.39 is 10.0 Å². The molecule has 21 heavy (non-hydrogen) atoms. The van der Waals surface area contributed by atoms with Gasteiger partial charge in [-0.15, -0.1) is 0 Å². The van der Waals surface area contributed by atoms with Gasteiger partial charge in [-0.1, -0.05) is 29.3 Å². The number of hydrogen-bond acceptors (Lipinski definition) is 3. The molecule has 5 nitrogen and oxygen atoms in total. The summed E-state index contributed by atoms with van der Waals surface area (Å²) in [5.74, 6) is 0.00952. The maximum atomic E-state index is 12.1. The first-order valence-electron chi connectivity index (χ1n) is 6.95. The predicted octanol–water partition coefficient (Wildman–Crippen LogP) is 2.90. The lowest BCUT2D eigenvalue weighted by Crippen LogP contribution is -2.27. The summed E-state index contributed by atoms with van der Waals surface area (Å²) in [4.78, 5) is 13.3. The van der Waals surface area contributed by atoms with Crippen molar-refractivity contribution in [3.05, 3.63) is 22.2 Å². The second-order valence-corrected chi connectivity index (χ2v) is 7.91. The van der Waals surface area contributed by atoms with Crippen LogP contribution in [-0.4, -0.2) is 26.6 Å². The monoisotopic (exact) mass is 374 g/mol. The van der Waals surface area contributed by atoms with Gasteiger partial charge in [0.05, 0.1) is 17.1 Å². The summed E-state index contributed by atoms with van der Waals surface area (Å²) >= 11 is 3.39. The van der Waals surface area contributed by atoms with Crippen LogP contribution in [0.2, 0.25) is 0 Å². The second kappa shape index (κ2) is 6.36. The molecule has 1 amide bonds. The number of carbonyl (C=O) groups excluding carboxylic acids is 1. The van der Waals surface area contributed by atoms with Crippen LogP contribution in [0.1, 0.15) is 32.3 Å². The highest BCUT2D eigenvalue weighted by Gasteiger charge is 2.27. The van der Waals surface area contributed by atoms with Gasteiger partial charge in [-0.05, 0) is 30.5 Å². The highest BCUT2D eigenvalue weighted by Crippen LogP contribution is 2.38. The van der Waals surface area contributed by atoms with Crippen molar-refractivity contribution < 1.29 is 13.2 Å². The Morgan fingerprint density at radius 2 is 2.14 bits per heavy atom. The third-order valence-electron chi connectivity index (χ3n) is 3.44. The Kier molecular flexibility index (Phi) is 4.93. The number of hydrogen-bond donors (Lipinski definition) is 1. The Balaban J connectivity index is 2.38. The smallest absolute Gasteiger partial charge is 0.232 e. The second-order valence-electron chi connectivity index (χ2n) is 5.16. The lowest BCUT2D eigenvalue weighted by molar-refractivity contribution is -0.116. The molecule has 7 heteroatoms. The van der Waals surface area contributed by atoms with Gasteiger partial charge in [0.1, 0.15) is 0 Å². The van der Waals surface area contributed by atoms with Crippen LogP contribution in [0.4, 0.5) is 11.4 Å². The molecule has 0 bridgehead atoms. The van der Waals surface area contributed by atoms with E-state index in [2.05, 4.69) is 20.7 Å². The maximum absolute atomic E-state index is 12.1. The molecule has 1 aliphatic rings. The molecule has 1 N–H and O–H groups in total. The summed E-state index contributed by atoms with van der Waals surface area (Å²) < 4.78 is 27.7. The van der Waals surface area contributed by atoms with Crippen molar-refractivity contribution in [2.24, 2.45) is 0 Å². The Hall–Kier alpha value is -1.08. The summed E-state index contributed by atoms with van der Waals surface area (Å²) in [6.45, 7) is 4.03. The highest BCUT2D eigenvalue weighted by molar-refractivity contribution is 9.10. The molecule has 0 saturated carbocycles. The van der Waals surface area contributed by atoms with Crippen LogP contribution in [0.25, 0.3) is 0 Å². The summed E-state index contributed by atoms with van der Waals surface area (Å²) in [7, 11) is -3.39. The van der Waals surface area contributed by atoms with E-state index >= 15 is 0 Å². The van der Waals surface area contributed by atoms with Crippen LogP contribution in [0, 0.1) is 0 Å². The van der Waals surface area contributed by atoms with E-state index in [1.807, 2.05) is 13.0 Å². The van der Waals surface area contributed by atoms with Crippen molar-refractivity contribution in [2.45, 2.75) is 33.1 Å². The van der Waals surface area contributed by atoms with Crippen molar-refractivity contribution in [2.75, 3.05) is 21.9 Å². The lowest BCUT2D eigenvalue weighted by atomic mass is 10.1. The van der Waals surface area contributed by atoms with Crippen molar-refractivity contribution in [1.82, 2.24) is 0 Å². The van der Waals surface area contributed by atoms with Gasteiger partial charge in [-0.3, -0.25) is 9.52 Å². The van der Waals surface area contributed by atoms with E-state index in [1.54, 1.807) is 11.0 Å². The summed E-state index contributed by atoms with van der Waals surface area (Å²) in [6, 6.07) is 3.64. The molecule has 0 spiro atoms. The number of sulfonamides is 1. The minimum atomic E-state index is -3.39. The Bertz CT molecular complexity index is 658. The highest BCUT2D eigenvalue weighted by atomic mass is 79.9. The zero-order chi connectivity index (χ0) is 15.6. The molecule has 116 valence electrons. The van der Waals surface area contributed by atoms with Crippen LogP contribution in [0.3, 0.4) is 0 Å². The first kappa shape index (κ1) is 16.3. The van der Waals surface area contributed by atoms with Gasteiger partial charge in [0, 0.05) is 17.9 Å². The Morgan fingerprint density at radius 3 is 2.76 bits per heavy atom. The summed E-state index contributed by atoms with van der Waals surface area (Å²) in [6.07, 6.45) is 2.16. The molecular weight excluding hydrogens is 356 g/mol. The number of halogens is 1. The molecule has 0 fully saturated rings. The number of amides is 1. The zero-order valence-electron chi connectivity index (χ0n) is 12.1. The predicted molar refractivity (Wildman–Crippen MR) is 88.2 cm³/mol. The van der Waals surface area contributed by atoms with Gasteiger partial charge in [-0.25, -0.2) is 8.42 Å². The molecule has 0 radical (unpaired) electrons. The Labute approximate surface area is 133 Å². The van der Waals surface area contributed by atoms with Gasteiger partial charge in [0.25, 0.3) is 0 Å². The molecular formula is C14H19BrN2O3S. The van der Waals surface area contributed by atoms with Crippen molar-refractivity contribution in [3.8, 4) is 0 Å². The summed E-state index contributed by atoms with van der Waals surface area (Å²) in [5.41, 5.74) is 2.14. The topological polar surface area (TPSA) is 66.5 Å². The van der Waals surface area contributed by atoms with E-state index in [0.29, 0.717) is 24.3 Å². The number of nitrogens with zero attached hydrogens (tertiary/aromatic N) is 1. The van der Waals surface area contributed by atoms with Crippen molar-refractivity contribution in [3.63, 3.8) is 0 Å². The number of fused-ring (bicyclic) bond motifs is 1. The molecule has 0 unspecified atom stereocenters. The fraction of sp³-hybridized carbons (Fsp3) is 0.500. The fourth-order valence-electron chi connectivity index (χ4n) is 2.45. The number of unbranched alkanes of at least 4 members (excludes halogenated alkanes) is 1. The molecule has 1 aromatic carbocycles. The largest absolute Gasteiger partial charge is 0.310 e. The molecule has 1 heterocycles. The normalized spacial score (nSPS) is 14.1. The van der Waals surface area contributed by atoms with Gasteiger partial charge in [0.2, 0.25) is 15.9 Å². The van der Waals surface area contributed by atoms with Crippen molar-refractivity contribution in [1.29, 1.82) is 0 Å². The van der Waals surface area contributed by atoms with E-state index in [-0.39, 0.29) is 11.7 Å². The number of benzene rings is 1. The van der Waals surface area contributed by atoms with Crippen molar-refractivity contribution >= 4 is 43.2 Å². The van der Waals surface area contributed by atoms with Gasteiger partial charge in [-0.2, -0.15) is 0 Å². The van der Waals surface area contributed by atoms with Crippen LogP contribution in [-0.2, 0) is 21.2 Å². The SMILES string of the molecule is CCCCS(=O)(=O)Nc1cc(Br)cc2c1N(C(C)=O)CC2. The number of anilines is 2. The quantitative estimate of drug-likeness (QED) is 0.861. The lowest BCUT2D eigenvalue weighted by Gasteiger charge is -2.20. The molecule has 0 aromatic heterocycles. The van der Waals surface area contributed by atoms with Crippen LogP contribution < -0.4 is 9.62 Å². The average molecular weight is 375 g/mol. The minimum absolute atomic E-state index is 0.0786. The molecule has 1 aromatic rings. The fourth-order valence-corrected chi connectivity index (χ4v) is 4.22. The van der Waals surface area contributed by atoms with Crippen LogP contribution in [0.5, 0.6) is 0 Å². The third kappa shape index (κ3) is 3.77. The van der Waals surface area contributed by atoms with Gasteiger partial charge >= 0.3 is 0 Å². The number of carbonyl (C=O) groups is 1. The van der Waals surface area contributed by atoms with Crippen LogP contribution >= 0.6 is 15.9 Å². The maximum Gasteiger partial charge on any atom is 0.232 e. The molecule has 0 saturated heterocycles. The zero-order valence-corrected chi connectivity index (χ0v) is 14.6. The van der Waals surface area contributed by atoms with Gasteiger partial charge < -0.3 is 4.90 Å². The van der Waals surface area contributed by atoms with E-state index in [1.165, 1.54) is 6.92 Å². The molecule has 2 rings (SSSR count). The number of nitrogens with one attached hydrogen (secondary N) is 1. The van der Waals surface area contributed by atoms with E-state index in [4.69, 9.17) is 0 Å². The summed E-state index contributed by atoms with van der Waals surface area (Å²) in [5, 5.41) is 0. The molecule has 0 aliphatic carbocycles. The average Bonchev–Trinajstić information content (AvgIpc) is 2.79. The number of rotatable bonds is 5.